The zero-order chi connectivity index (χ0) is 33.0. The van der Waals surface area contributed by atoms with Crippen LogP contribution in [-0.4, -0.2) is 13.3 Å². The summed E-state index contributed by atoms with van der Waals surface area (Å²) in [5.41, 5.74) is 1.92. The second kappa shape index (κ2) is 13.8. The largest absolute Gasteiger partial charge is 0.270 e. The Labute approximate surface area is 286 Å². The maximum absolute atomic E-state index is 12.1. The van der Waals surface area contributed by atoms with Gasteiger partial charge < -0.3 is 0 Å². The summed E-state index contributed by atoms with van der Waals surface area (Å²) in [5, 5.41) is 22.7. The number of nitrogens with zero attached hydrogens (tertiary/aromatic N) is 1. The average molecular weight is 682 g/mol. The third-order valence-corrected chi connectivity index (χ3v) is 10.8. The molecule has 9 rings (SSSR count). The van der Waals surface area contributed by atoms with Gasteiger partial charge in [-0.05, 0) is 90.6 Å². The molecule has 0 aliphatic carbocycles. The van der Waals surface area contributed by atoms with Gasteiger partial charge in [0.1, 0.15) is 0 Å². The van der Waals surface area contributed by atoms with Crippen molar-refractivity contribution in [1.29, 1.82) is 0 Å². The highest BCUT2D eigenvalue weighted by Gasteiger charge is 2.17. The molecule has 0 aliphatic rings. The molecule has 48 heavy (non-hydrogen) atoms. The van der Waals surface area contributed by atoms with E-state index in [4.69, 9.17) is 0 Å². The van der Waals surface area contributed by atoms with Crippen molar-refractivity contribution in [3.8, 4) is 11.1 Å². The molecule has 0 bridgehead atoms. The van der Waals surface area contributed by atoms with E-state index < -0.39 is 15.6 Å². The molecule has 0 atom stereocenters. The van der Waals surface area contributed by atoms with Crippen molar-refractivity contribution in [3.63, 3.8) is 0 Å². The summed E-state index contributed by atoms with van der Waals surface area (Å²) in [6, 6.07) is 46.6. The summed E-state index contributed by atoms with van der Waals surface area (Å²) in [6.45, 7) is 0. The van der Waals surface area contributed by atoms with Gasteiger partial charge in [-0.1, -0.05) is 97.1 Å². The highest BCUT2D eigenvalue weighted by Crippen LogP contribution is 2.40. The van der Waals surface area contributed by atoms with Crippen molar-refractivity contribution < 1.29 is 13.3 Å². The molecule has 2 heterocycles. The molecule has 8 heteroatoms. The number of thiol groups is 1. The molecule has 2 aromatic heterocycles. The molecule has 0 saturated heterocycles. The quantitative estimate of drug-likeness (QED) is 0.0871. The van der Waals surface area contributed by atoms with E-state index in [1.807, 2.05) is 66.7 Å². The summed E-state index contributed by atoms with van der Waals surface area (Å²) in [7, 11) is -2.78. The van der Waals surface area contributed by atoms with Crippen LogP contribution < -0.4 is 0 Å². The second-order valence-electron chi connectivity index (χ2n) is 11.0. The lowest BCUT2D eigenvalue weighted by Gasteiger charge is -2.15. The summed E-state index contributed by atoms with van der Waals surface area (Å²) in [4.78, 5) is 11.0. The Morgan fingerprint density at radius 3 is 1.50 bits per heavy atom. The molecule has 0 saturated carbocycles. The minimum Gasteiger partial charge on any atom is -0.258 e. The highest BCUT2D eigenvalue weighted by molar-refractivity contribution is 7.73. The van der Waals surface area contributed by atoms with E-state index in [1.54, 1.807) is 34.8 Å². The molecule has 9 aromatic rings. The van der Waals surface area contributed by atoms with Crippen LogP contribution >= 0.6 is 22.7 Å². The van der Waals surface area contributed by atoms with Gasteiger partial charge in [0.25, 0.3) is 5.69 Å². The summed E-state index contributed by atoms with van der Waals surface area (Å²) >= 11 is 3.57. The minimum absolute atomic E-state index is 0.0507. The first-order valence-corrected chi connectivity index (χ1v) is 18.0. The summed E-state index contributed by atoms with van der Waals surface area (Å²) in [5.74, 6) is 0. The highest BCUT2D eigenvalue weighted by atomic mass is 32.2. The first-order valence-electron chi connectivity index (χ1n) is 15.1. The second-order valence-corrected chi connectivity index (χ2v) is 13.8. The molecule has 5 nitrogen and oxygen atoms in total. The number of nitro benzene ring substituents is 1. The van der Waals surface area contributed by atoms with E-state index >= 15 is 0 Å². The minimum atomic E-state index is -2.78. The summed E-state index contributed by atoms with van der Waals surface area (Å²) in [6.07, 6.45) is 0. The predicted octanol–water partition coefficient (Wildman–Crippen LogP) is 11.5. The van der Waals surface area contributed by atoms with Crippen LogP contribution in [0.4, 0.5) is 5.69 Å². The molecule has 0 N–H and O–H groups in total. The number of benzene rings is 7. The number of rotatable bonds is 3. The van der Waals surface area contributed by atoms with Crippen LogP contribution in [0.15, 0.2) is 161 Å². The first-order chi connectivity index (χ1) is 23.5. The Morgan fingerprint density at radius 2 is 0.979 bits per heavy atom. The molecule has 0 unspecified atom stereocenters. The first kappa shape index (κ1) is 31.2. The van der Waals surface area contributed by atoms with Gasteiger partial charge in [0.15, 0.2) is 10.7 Å². The topological polar surface area (TPSA) is 77.3 Å². The number of non-ortho nitro benzene ring substituents is 1. The lowest BCUT2D eigenvalue weighted by Crippen LogP contribution is -1.92. The van der Waals surface area contributed by atoms with Crippen molar-refractivity contribution in [2.45, 2.75) is 4.90 Å². The Hall–Kier alpha value is -5.41. The smallest absolute Gasteiger partial charge is 0.258 e. The zero-order valence-corrected chi connectivity index (χ0v) is 27.9. The maximum Gasteiger partial charge on any atom is 0.270 e. The van der Waals surface area contributed by atoms with Gasteiger partial charge in [0.2, 0.25) is 0 Å². The van der Waals surface area contributed by atoms with Gasteiger partial charge in [-0.2, -0.15) is 0 Å². The van der Waals surface area contributed by atoms with Crippen LogP contribution in [0.3, 0.4) is 0 Å². The van der Waals surface area contributed by atoms with Crippen LogP contribution in [0.5, 0.6) is 0 Å². The number of thiophene rings is 2. The lowest BCUT2D eigenvalue weighted by molar-refractivity contribution is -0.384. The van der Waals surface area contributed by atoms with Gasteiger partial charge in [-0.3, -0.25) is 10.1 Å². The average Bonchev–Trinajstić information content (AvgIpc) is 3.81. The fourth-order valence-corrected chi connectivity index (χ4v) is 8.29. The SMILES string of the molecule is O=[N+]([O-])c1ccc2cc(-c3c4ccccc4c([SH](=O)=O)c4ccccc34)ccc2c1.c1ccc2sccc2c1.c1ccc2sccc2c1. The van der Waals surface area contributed by atoms with E-state index in [2.05, 4.69) is 71.4 Å². The molecule has 7 aromatic carbocycles. The monoisotopic (exact) mass is 681 g/mol. The number of hydrogen-bond donors (Lipinski definition) is 1. The van der Waals surface area contributed by atoms with E-state index in [0.29, 0.717) is 15.7 Å². The van der Waals surface area contributed by atoms with Crippen LogP contribution in [-0.2, 0) is 10.7 Å². The standard InChI is InChI=1S/C24H15NO4S.2C8H6S/c26-25(27)18-12-11-15-13-17(10-9-16(15)14-18)23-19-5-1-3-7-21(19)24(30(28)29)22-8-4-2-6-20(22)23;2*1-2-4-8-7(3-1)5-6-9-8/h1-14,30H;2*1-6H. The van der Waals surface area contributed by atoms with Gasteiger partial charge in [0, 0.05) is 32.3 Å². The van der Waals surface area contributed by atoms with Crippen molar-refractivity contribution >= 4 is 91.6 Å². The summed E-state index contributed by atoms with van der Waals surface area (Å²) < 4.78 is 27.0. The fourth-order valence-electron chi connectivity index (χ4n) is 5.93. The van der Waals surface area contributed by atoms with E-state index in [0.717, 1.165) is 32.7 Å². The molecule has 0 fully saturated rings. The van der Waals surface area contributed by atoms with E-state index in [9.17, 15) is 18.5 Å². The van der Waals surface area contributed by atoms with Gasteiger partial charge in [-0.15, -0.1) is 22.7 Å². The molecule has 0 aliphatic heterocycles. The number of fused-ring (bicyclic) bond motifs is 5. The van der Waals surface area contributed by atoms with E-state index in [1.165, 1.54) is 26.2 Å². The number of hydrogen-bond acceptors (Lipinski definition) is 6. The molecular formula is C40H27NO4S3. The maximum atomic E-state index is 12.1. The molecule has 0 amide bonds. The Bertz CT molecular complexity index is 2480. The van der Waals surface area contributed by atoms with Gasteiger partial charge in [-0.25, -0.2) is 8.42 Å². The normalized spacial score (nSPS) is 11.0. The van der Waals surface area contributed by atoms with Crippen LogP contribution in [0.2, 0.25) is 0 Å². The van der Waals surface area contributed by atoms with E-state index in [-0.39, 0.29) is 5.69 Å². The Balaban J connectivity index is 0.000000162. The van der Waals surface area contributed by atoms with Crippen LogP contribution in [0.1, 0.15) is 0 Å². The third-order valence-electron chi connectivity index (χ3n) is 8.13. The van der Waals surface area contributed by atoms with Crippen molar-refractivity contribution in [2.75, 3.05) is 0 Å². The van der Waals surface area contributed by atoms with Crippen molar-refractivity contribution in [2.24, 2.45) is 0 Å². The third kappa shape index (κ3) is 6.29. The zero-order valence-electron chi connectivity index (χ0n) is 25.4. The van der Waals surface area contributed by atoms with Crippen molar-refractivity contribution in [3.05, 3.63) is 166 Å². The fraction of sp³-hybridized carbons (Fsp3) is 0. The van der Waals surface area contributed by atoms with Gasteiger partial charge in [0.05, 0.1) is 9.82 Å². The van der Waals surface area contributed by atoms with Crippen LogP contribution in [0, 0.1) is 10.1 Å². The molecule has 0 radical (unpaired) electrons. The number of nitro groups is 1. The molecule has 0 spiro atoms. The van der Waals surface area contributed by atoms with Crippen molar-refractivity contribution in [1.82, 2.24) is 0 Å². The molecule has 234 valence electrons. The lowest BCUT2D eigenvalue weighted by atomic mass is 9.91. The van der Waals surface area contributed by atoms with Gasteiger partial charge >= 0.3 is 0 Å². The predicted molar refractivity (Wildman–Crippen MR) is 203 cm³/mol. The Kier molecular flexibility index (Phi) is 8.94. The Morgan fingerprint density at radius 1 is 0.500 bits per heavy atom. The molecular weight excluding hydrogens is 655 g/mol. The van der Waals surface area contributed by atoms with Crippen LogP contribution in [0.25, 0.3) is 63.6 Å².